The van der Waals surface area contributed by atoms with E-state index in [1.165, 1.54) is 38.5 Å². The normalized spacial score (nSPS) is 31.1. The van der Waals surface area contributed by atoms with Crippen LogP contribution in [0.25, 0.3) is 0 Å². The smallest absolute Gasteiger partial charge is 0.226 e. The van der Waals surface area contributed by atoms with Crippen LogP contribution in [-0.2, 0) is 4.79 Å². The Kier molecular flexibility index (Phi) is 5.59. The van der Waals surface area contributed by atoms with Crippen LogP contribution in [0.3, 0.4) is 0 Å². The van der Waals surface area contributed by atoms with E-state index in [1.54, 1.807) is 0 Å². The van der Waals surface area contributed by atoms with Gasteiger partial charge in [0.1, 0.15) is 0 Å². The predicted molar refractivity (Wildman–Crippen MR) is 88.7 cm³/mol. The van der Waals surface area contributed by atoms with Gasteiger partial charge in [-0.25, -0.2) is 0 Å². The third kappa shape index (κ3) is 3.73. The third-order valence-electron chi connectivity index (χ3n) is 5.72. The van der Waals surface area contributed by atoms with Gasteiger partial charge in [-0.3, -0.25) is 4.79 Å². The quantitative estimate of drug-likeness (QED) is 0.868. The van der Waals surface area contributed by atoms with Gasteiger partial charge in [0.2, 0.25) is 5.91 Å². The molecule has 2 saturated heterocycles. The summed E-state index contributed by atoms with van der Waals surface area (Å²) >= 11 is 0. The van der Waals surface area contributed by atoms with Gasteiger partial charge in [0.15, 0.2) is 0 Å². The summed E-state index contributed by atoms with van der Waals surface area (Å²) in [5.41, 5.74) is 0.396. The van der Waals surface area contributed by atoms with Gasteiger partial charge in [-0.2, -0.15) is 0 Å². The maximum Gasteiger partial charge on any atom is 0.226 e. The summed E-state index contributed by atoms with van der Waals surface area (Å²) in [5.74, 6) is 2.35. The first-order chi connectivity index (χ1) is 9.61. The van der Waals surface area contributed by atoms with Crippen molar-refractivity contribution in [1.29, 1.82) is 0 Å². The summed E-state index contributed by atoms with van der Waals surface area (Å²) in [6, 6.07) is 0. The molecule has 2 aliphatic heterocycles. The van der Waals surface area contributed by atoms with Crippen LogP contribution in [0.5, 0.6) is 0 Å². The molecule has 0 bridgehead atoms. The fourth-order valence-electron chi connectivity index (χ4n) is 4.52. The zero-order valence-electron chi connectivity index (χ0n) is 13.6. The molecule has 1 saturated carbocycles. The fraction of sp³-hybridized carbons (Fsp3) is 0.941. The lowest BCUT2D eigenvalue weighted by Gasteiger charge is -2.34. The number of likely N-dealkylation sites (tertiary alicyclic amines) is 1. The Hall–Kier alpha value is -0.280. The molecule has 1 N–H and O–H groups in total. The molecule has 2 unspecified atom stereocenters. The van der Waals surface area contributed by atoms with Crippen molar-refractivity contribution >= 4 is 18.3 Å². The molecule has 1 spiro atoms. The second-order valence-corrected chi connectivity index (χ2v) is 7.79. The Morgan fingerprint density at radius 2 is 2.05 bits per heavy atom. The molecule has 3 nitrogen and oxygen atoms in total. The van der Waals surface area contributed by atoms with Crippen molar-refractivity contribution in [2.45, 2.75) is 52.4 Å². The van der Waals surface area contributed by atoms with Gasteiger partial charge in [-0.15, -0.1) is 12.4 Å². The first kappa shape index (κ1) is 17.1. The van der Waals surface area contributed by atoms with E-state index in [4.69, 9.17) is 0 Å². The first-order valence-electron chi connectivity index (χ1n) is 8.60. The SMILES string of the molecule is CC(C)CC1CCCN(C(=O)C2CC23CCNCC3)C1.Cl. The van der Waals surface area contributed by atoms with Crippen LogP contribution in [0, 0.1) is 23.2 Å². The number of rotatable bonds is 3. The van der Waals surface area contributed by atoms with Crippen molar-refractivity contribution in [1.82, 2.24) is 10.2 Å². The van der Waals surface area contributed by atoms with Crippen molar-refractivity contribution in [2.75, 3.05) is 26.2 Å². The standard InChI is InChI=1S/C17H30N2O.ClH/c1-13(2)10-14-4-3-9-19(12-14)16(20)15-11-17(15)5-7-18-8-6-17;/h13-15,18H,3-12H2,1-2H3;1H. The molecule has 0 aromatic heterocycles. The molecule has 0 aromatic rings. The number of nitrogens with one attached hydrogen (secondary N) is 1. The van der Waals surface area contributed by atoms with Gasteiger partial charge < -0.3 is 10.2 Å². The number of halogens is 1. The van der Waals surface area contributed by atoms with Crippen LogP contribution >= 0.6 is 12.4 Å². The molecule has 0 radical (unpaired) electrons. The maximum absolute atomic E-state index is 12.8. The number of piperidine rings is 2. The lowest BCUT2D eigenvalue weighted by atomic mass is 9.88. The molecule has 4 heteroatoms. The second kappa shape index (κ2) is 6.87. The molecule has 3 aliphatic rings. The Morgan fingerprint density at radius 3 is 2.71 bits per heavy atom. The van der Waals surface area contributed by atoms with Crippen molar-refractivity contribution < 1.29 is 4.79 Å². The summed E-state index contributed by atoms with van der Waals surface area (Å²) in [4.78, 5) is 15.0. The van der Waals surface area contributed by atoms with Gasteiger partial charge in [0.25, 0.3) is 0 Å². The summed E-state index contributed by atoms with van der Waals surface area (Å²) in [6.45, 7) is 8.86. The van der Waals surface area contributed by atoms with Gasteiger partial charge in [-0.05, 0) is 68.9 Å². The first-order valence-corrected chi connectivity index (χ1v) is 8.60. The van der Waals surface area contributed by atoms with Crippen LogP contribution in [0.15, 0.2) is 0 Å². The number of hydrogen-bond donors (Lipinski definition) is 1. The predicted octanol–water partition coefficient (Wildman–Crippen LogP) is 3.08. The van der Waals surface area contributed by atoms with Gasteiger partial charge in [0.05, 0.1) is 0 Å². The monoisotopic (exact) mass is 314 g/mol. The average molecular weight is 315 g/mol. The molecule has 0 aromatic carbocycles. The minimum absolute atomic E-state index is 0. The van der Waals surface area contributed by atoms with E-state index in [9.17, 15) is 4.79 Å². The topological polar surface area (TPSA) is 32.3 Å². The number of hydrogen-bond acceptors (Lipinski definition) is 2. The molecule has 3 rings (SSSR count). The lowest BCUT2D eigenvalue weighted by Crippen LogP contribution is -2.42. The second-order valence-electron chi connectivity index (χ2n) is 7.79. The highest BCUT2D eigenvalue weighted by molar-refractivity contribution is 5.85. The highest BCUT2D eigenvalue weighted by Gasteiger charge is 2.58. The van der Waals surface area contributed by atoms with Gasteiger partial charge in [-0.1, -0.05) is 13.8 Å². The summed E-state index contributed by atoms with van der Waals surface area (Å²) in [5, 5.41) is 3.42. The van der Waals surface area contributed by atoms with Crippen molar-refractivity contribution in [3.8, 4) is 0 Å². The van der Waals surface area contributed by atoms with Gasteiger partial charge >= 0.3 is 0 Å². The van der Waals surface area contributed by atoms with Crippen LogP contribution in [0.2, 0.25) is 0 Å². The average Bonchev–Trinajstić information content (AvgIpc) is 3.11. The van der Waals surface area contributed by atoms with Crippen molar-refractivity contribution in [3.63, 3.8) is 0 Å². The van der Waals surface area contributed by atoms with Crippen LogP contribution < -0.4 is 5.32 Å². The molecule has 1 aliphatic carbocycles. The number of carbonyl (C=O) groups is 1. The Bertz CT molecular complexity index is 366. The highest BCUT2D eigenvalue weighted by atomic mass is 35.5. The molecule has 1 amide bonds. The summed E-state index contributed by atoms with van der Waals surface area (Å²) in [7, 11) is 0. The zero-order chi connectivity index (χ0) is 14.2. The van der Waals surface area contributed by atoms with E-state index in [-0.39, 0.29) is 12.4 Å². The summed E-state index contributed by atoms with van der Waals surface area (Å²) in [6.07, 6.45) is 7.41. The Labute approximate surface area is 135 Å². The number of amides is 1. The van der Waals surface area contributed by atoms with Crippen LogP contribution in [0.4, 0.5) is 0 Å². The number of carbonyl (C=O) groups excluding carboxylic acids is 1. The van der Waals surface area contributed by atoms with E-state index >= 15 is 0 Å². The molecular weight excluding hydrogens is 284 g/mol. The van der Waals surface area contributed by atoms with E-state index in [0.717, 1.165) is 38.0 Å². The Morgan fingerprint density at radius 1 is 1.33 bits per heavy atom. The van der Waals surface area contributed by atoms with Crippen LogP contribution in [-0.4, -0.2) is 37.0 Å². The Balaban J connectivity index is 0.00000161. The van der Waals surface area contributed by atoms with Crippen LogP contribution in [0.1, 0.15) is 52.4 Å². The van der Waals surface area contributed by atoms with E-state index < -0.39 is 0 Å². The van der Waals surface area contributed by atoms with E-state index in [1.807, 2.05) is 0 Å². The van der Waals surface area contributed by atoms with E-state index in [2.05, 4.69) is 24.1 Å². The molecule has 21 heavy (non-hydrogen) atoms. The van der Waals surface area contributed by atoms with Crippen molar-refractivity contribution in [3.05, 3.63) is 0 Å². The largest absolute Gasteiger partial charge is 0.342 e. The highest BCUT2D eigenvalue weighted by Crippen LogP contribution is 2.59. The van der Waals surface area contributed by atoms with Gasteiger partial charge in [0, 0.05) is 19.0 Å². The zero-order valence-corrected chi connectivity index (χ0v) is 14.4. The minimum Gasteiger partial charge on any atom is -0.342 e. The summed E-state index contributed by atoms with van der Waals surface area (Å²) < 4.78 is 0. The molecule has 2 heterocycles. The number of nitrogens with zero attached hydrogens (tertiary/aromatic N) is 1. The molecule has 2 atom stereocenters. The minimum atomic E-state index is 0. The third-order valence-corrected chi connectivity index (χ3v) is 5.72. The molecule has 3 fully saturated rings. The maximum atomic E-state index is 12.8. The van der Waals surface area contributed by atoms with Crippen molar-refractivity contribution in [2.24, 2.45) is 23.2 Å². The van der Waals surface area contributed by atoms with E-state index in [0.29, 0.717) is 17.2 Å². The fourth-order valence-corrected chi connectivity index (χ4v) is 4.52. The molecule has 122 valence electrons. The lowest BCUT2D eigenvalue weighted by molar-refractivity contribution is -0.135. The molecular formula is C17H31ClN2O.